The molecular weight excluding hydrogens is 478 g/mol. The summed E-state index contributed by atoms with van der Waals surface area (Å²) in [5.41, 5.74) is 0. The normalized spacial score (nSPS) is 16.7. The molecule has 2 rings (SSSR count). The van der Waals surface area contributed by atoms with E-state index in [0.717, 1.165) is 13.3 Å². The number of nitrogens with zero attached hydrogens (tertiary/aromatic N) is 4. The van der Waals surface area contributed by atoms with Crippen LogP contribution >= 0.6 is 0 Å². The van der Waals surface area contributed by atoms with E-state index in [9.17, 15) is 0 Å². The Labute approximate surface area is 157 Å². The molecule has 0 N–H and O–H groups in total. The Hall–Kier alpha value is 0.140. The monoisotopic (exact) mass is 504 g/mol. The molecule has 0 saturated carbocycles. The van der Waals surface area contributed by atoms with Gasteiger partial charge in [-0.25, -0.2) is 0 Å². The SMILES string of the molecule is CN1C=CN(CCCCCCN2C=CN(C)C2)C1.[I-].[I-]. The molecule has 0 fully saturated rings. The zero-order valence-corrected chi connectivity index (χ0v) is 16.8. The van der Waals surface area contributed by atoms with Gasteiger partial charge in [0.25, 0.3) is 0 Å². The maximum atomic E-state index is 2.39. The minimum atomic E-state index is 0. The summed E-state index contributed by atoms with van der Waals surface area (Å²) in [6, 6.07) is 0. The van der Waals surface area contributed by atoms with Crippen molar-refractivity contribution in [3.05, 3.63) is 24.8 Å². The lowest BCUT2D eigenvalue weighted by atomic mass is 10.2. The van der Waals surface area contributed by atoms with Crippen LogP contribution in [-0.4, -0.2) is 60.1 Å². The van der Waals surface area contributed by atoms with Crippen LogP contribution in [0.5, 0.6) is 0 Å². The quantitative estimate of drug-likeness (QED) is 0.259. The molecule has 0 radical (unpaired) electrons. The van der Waals surface area contributed by atoms with E-state index in [1.807, 2.05) is 0 Å². The van der Waals surface area contributed by atoms with Gasteiger partial charge < -0.3 is 67.6 Å². The van der Waals surface area contributed by atoms with Gasteiger partial charge in [0.2, 0.25) is 0 Å². The highest BCUT2D eigenvalue weighted by atomic mass is 127. The van der Waals surface area contributed by atoms with Gasteiger partial charge in [-0.1, -0.05) is 12.8 Å². The molecule has 0 aromatic rings. The molecule has 118 valence electrons. The molecule has 0 aliphatic carbocycles. The first kappa shape index (κ1) is 20.1. The summed E-state index contributed by atoms with van der Waals surface area (Å²) in [6.45, 7) is 4.52. The van der Waals surface area contributed by atoms with Crippen LogP contribution < -0.4 is 48.0 Å². The number of rotatable bonds is 7. The van der Waals surface area contributed by atoms with Gasteiger partial charge in [0.05, 0.1) is 13.3 Å². The molecule has 0 spiro atoms. The summed E-state index contributed by atoms with van der Waals surface area (Å²) in [7, 11) is 4.24. The second-order valence-corrected chi connectivity index (χ2v) is 5.43. The van der Waals surface area contributed by atoms with E-state index in [2.05, 4.69) is 58.5 Å². The molecule has 2 heterocycles. The highest BCUT2D eigenvalue weighted by molar-refractivity contribution is 4.89. The summed E-state index contributed by atoms with van der Waals surface area (Å²) in [4.78, 5) is 9.21. The topological polar surface area (TPSA) is 13.0 Å². The highest BCUT2D eigenvalue weighted by Gasteiger charge is 2.08. The third kappa shape index (κ3) is 7.24. The Morgan fingerprint density at radius 2 is 1.05 bits per heavy atom. The summed E-state index contributed by atoms with van der Waals surface area (Å²) in [6.07, 6.45) is 14.0. The summed E-state index contributed by atoms with van der Waals surface area (Å²) >= 11 is 0. The van der Waals surface area contributed by atoms with Crippen molar-refractivity contribution in [3.63, 3.8) is 0 Å². The summed E-state index contributed by atoms with van der Waals surface area (Å²) in [5.74, 6) is 0. The number of unbranched alkanes of at least 4 members (excludes halogenated alkanes) is 3. The fourth-order valence-electron chi connectivity index (χ4n) is 2.45. The molecule has 4 nitrogen and oxygen atoms in total. The zero-order chi connectivity index (χ0) is 12.8. The van der Waals surface area contributed by atoms with Gasteiger partial charge in [-0.05, 0) is 12.8 Å². The van der Waals surface area contributed by atoms with Crippen molar-refractivity contribution in [2.45, 2.75) is 25.7 Å². The Bertz CT molecular complexity index is 280. The third-order valence-corrected chi connectivity index (χ3v) is 3.51. The van der Waals surface area contributed by atoms with Gasteiger partial charge in [-0.2, -0.15) is 0 Å². The number of halogens is 2. The molecule has 0 aromatic carbocycles. The molecule has 0 saturated heterocycles. The molecule has 6 heteroatoms. The van der Waals surface area contributed by atoms with Gasteiger partial charge in [-0.3, -0.25) is 0 Å². The van der Waals surface area contributed by atoms with Crippen LogP contribution in [0.3, 0.4) is 0 Å². The Morgan fingerprint density at radius 3 is 1.35 bits per heavy atom. The van der Waals surface area contributed by atoms with Crippen LogP contribution in [0.1, 0.15) is 25.7 Å². The highest BCUT2D eigenvalue weighted by Crippen LogP contribution is 2.09. The van der Waals surface area contributed by atoms with Crippen LogP contribution in [0.4, 0.5) is 0 Å². The van der Waals surface area contributed by atoms with Crippen molar-refractivity contribution in [2.75, 3.05) is 40.5 Å². The lowest BCUT2D eigenvalue weighted by molar-refractivity contribution is -0.00100. The first-order valence-corrected chi connectivity index (χ1v) is 6.99. The average molecular weight is 504 g/mol. The van der Waals surface area contributed by atoms with Crippen molar-refractivity contribution in [1.82, 2.24) is 19.6 Å². The largest absolute Gasteiger partial charge is 1.00 e. The van der Waals surface area contributed by atoms with Crippen LogP contribution in [0.25, 0.3) is 0 Å². The molecule has 0 aromatic heterocycles. The standard InChI is InChI=1S/C14H26N4.2HI/c1-15-9-11-17(13-15)7-5-3-4-6-8-18-12-10-16(2)14-18;;/h9-12H,3-8,13-14H2,1-2H3;2*1H/p-2. The fraction of sp³-hybridized carbons (Fsp3) is 0.714. The van der Waals surface area contributed by atoms with E-state index in [1.54, 1.807) is 0 Å². The van der Waals surface area contributed by atoms with Crippen LogP contribution in [0, 0.1) is 0 Å². The smallest absolute Gasteiger partial charge is 0.0890 e. The fourth-order valence-corrected chi connectivity index (χ4v) is 2.45. The molecule has 0 bridgehead atoms. The molecule has 2 aliphatic heterocycles. The Balaban J connectivity index is 0.00000180. The van der Waals surface area contributed by atoms with Gasteiger partial charge in [0.1, 0.15) is 0 Å². The minimum Gasteiger partial charge on any atom is -1.00 e. The molecule has 0 unspecified atom stereocenters. The van der Waals surface area contributed by atoms with Crippen molar-refractivity contribution in [3.8, 4) is 0 Å². The van der Waals surface area contributed by atoms with Gasteiger partial charge in [-0.15, -0.1) is 0 Å². The Morgan fingerprint density at radius 1 is 0.650 bits per heavy atom. The molecule has 0 atom stereocenters. The van der Waals surface area contributed by atoms with Gasteiger partial charge in [0, 0.05) is 52.0 Å². The van der Waals surface area contributed by atoms with Crippen LogP contribution in [0.2, 0.25) is 0 Å². The van der Waals surface area contributed by atoms with Crippen LogP contribution in [-0.2, 0) is 0 Å². The van der Waals surface area contributed by atoms with E-state index >= 15 is 0 Å². The van der Waals surface area contributed by atoms with Crippen molar-refractivity contribution in [1.29, 1.82) is 0 Å². The van der Waals surface area contributed by atoms with Crippen molar-refractivity contribution in [2.24, 2.45) is 0 Å². The van der Waals surface area contributed by atoms with E-state index in [4.69, 9.17) is 0 Å². The molecule has 0 amide bonds. The second-order valence-electron chi connectivity index (χ2n) is 5.43. The van der Waals surface area contributed by atoms with E-state index in [0.29, 0.717) is 0 Å². The summed E-state index contributed by atoms with van der Waals surface area (Å²) in [5, 5.41) is 0. The molecule has 2 aliphatic rings. The van der Waals surface area contributed by atoms with E-state index in [-0.39, 0.29) is 48.0 Å². The van der Waals surface area contributed by atoms with Crippen molar-refractivity contribution >= 4 is 0 Å². The van der Waals surface area contributed by atoms with E-state index < -0.39 is 0 Å². The van der Waals surface area contributed by atoms with Crippen LogP contribution in [0.15, 0.2) is 24.8 Å². The number of hydrogen-bond donors (Lipinski definition) is 0. The van der Waals surface area contributed by atoms with E-state index in [1.165, 1.54) is 38.8 Å². The summed E-state index contributed by atoms with van der Waals surface area (Å²) < 4.78 is 0. The maximum absolute atomic E-state index is 2.39. The van der Waals surface area contributed by atoms with Crippen molar-refractivity contribution < 1.29 is 48.0 Å². The zero-order valence-electron chi connectivity index (χ0n) is 12.5. The predicted molar refractivity (Wildman–Crippen MR) is 75.4 cm³/mol. The van der Waals surface area contributed by atoms with Gasteiger partial charge >= 0.3 is 0 Å². The lowest BCUT2D eigenvalue weighted by Gasteiger charge is -2.19. The average Bonchev–Trinajstić information content (AvgIpc) is 2.93. The molecular formula is C14H26I2N4-2. The number of hydrogen-bond acceptors (Lipinski definition) is 4. The molecule has 20 heavy (non-hydrogen) atoms. The van der Waals surface area contributed by atoms with Gasteiger partial charge in [0.15, 0.2) is 0 Å². The predicted octanol–water partition coefficient (Wildman–Crippen LogP) is -4.09. The third-order valence-electron chi connectivity index (χ3n) is 3.51. The first-order chi connectivity index (χ1) is 8.74. The second kappa shape index (κ2) is 10.8. The first-order valence-electron chi connectivity index (χ1n) is 6.99. The minimum absolute atomic E-state index is 0. The maximum Gasteiger partial charge on any atom is 0.0890 e. The lowest BCUT2D eigenvalue weighted by Crippen LogP contribution is -3.00. The Kier molecular flexibility index (Phi) is 10.9.